The third-order valence-electron chi connectivity index (χ3n) is 3.22. The van der Waals surface area contributed by atoms with Gasteiger partial charge < -0.3 is 16.4 Å². The van der Waals surface area contributed by atoms with Crippen molar-refractivity contribution >= 4 is 17.6 Å². The quantitative estimate of drug-likeness (QED) is 0.729. The molecule has 0 bridgehead atoms. The Morgan fingerprint density at radius 1 is 1.40 bits per heavy atom. The highest BCUT2D eigenvalue weighted by Crippen LogP contribution is 2.10. The van der Waals surface area contributed by atoms with Crippen LogP contribution >= 0.6 is 0 Å². The normalized spacial score (nSPS) is 16.6. The van der Waals surface area contributed by atoms with Crippen LogP contribution < -0.4 is 16.4 Å². The fourth-order valence-corrected chi connectivity index (χ4v) is 2.25. The summed E-state index contributed by atoms with van der Waals surface area (Å²) >= 11 is 0. The maximum Gasteiger partial charge on any atom is 0.319 e. The number of aromatic nitrogens is 1. The van der Waals surface area contributed by atoms with Crippen molar-refractivity contribution in [2.45, 2.75) is 18.9 Å². The molecular weight excluding hydrogens is 258 g/mol. The summed E-state index contributed by atoms with van der Waals surface area (Å²) < 4.78 is 0. The third-order valence-corrected chi connectivity index (χ3v) is 3.22. The van der Waals surface area contributed by atoms with Gasteiger partial charge >= 0.3 is 6.03 Å². The Morgan fingerprint density at radius 2 is 2.15 bits per heavy atom. The van der Waals surface area contributed by atoms with Crippen LogP contribution in [-0.4, -0.2) is 47.5 Å². The second-order valence-electron chi connectivity index (χ2n) is 4.86. The first-order chi connectivity index (χ1) is 9.63. The standard InChI is InChI=1S/C13H19N5O2/c14-12(19)9-18-6-3-10(4-7-18)16-13(20)17-11-2-1-5-15-8-11/h1-2,5,8,10H,3-4,6-7,9H2,(H2,14,19)(H2,16,17,20). The van der Waals surface area contributed by atoms with E-state index in [0.717, 1.165) is 25.9 Å². The monoisotopic (exact) mass is 277 g/mol. The topological polar surface area (TPSA) is 100 Å². The summed E-state index contributed by atoms with van der Waals surface area (Å²) in [6.07, 6.45) is 4.87. The molecular formula is C13H19N5O2. The zero-order chi connectivity index (χ0) is 14.4. The van der Waals surface area contributed by atoms with Gasteiger partial charge in [0.05, 0.1) is 18.4 Å². The van der Waals surface area contributed by atoms with Crippen LogP contribution in [0.4, 0.5) is 10.5 Å². The number of urea groups is 1. The van der Waals surface area contributed by atoms with E-state index in [0.29, 0.717) is 5.69 Å². The molecule has 1 aliphatic heterocycles. The molecule has 0 aromatic carbocycles. The summed E-state index contributed by atoms with van der Waals surface area (Å²) in [6, 6.07) is 3.43. The Balaban J connectivity index is 1.72. The molecule has 0 unspecified atom stereocenters. The van der Waals surface area contributed by atoms with Crippen molar-refractivity contribution in [1.29, 1.82) is 0 Å². The zero-order valence-electron chi connectivity index (χ0n) is 11.2. The summed E-state index contributed by atoms with van der Waals surface area (Å²) in [6.45, 7) is 1.82. The van der Waals surface area contributed by atoms with E-state index in [-0.39, 0.29) is 24.5 Å². The van der Waals surface area contributed by atoms with Crippen molar-refractivity contribution < 1.29 is 9.59 Å². The van der Waals surface area contributed by atoms with E-state index in [1.165, 1.54) is 0 Å². The van der Waals surface area contributed by atoms with Gasteiger partial charge in [-0.15, -0.1) is 0 Å². The van der Waals surface area contributed by atoms with Crippen LogP contribution in [0.3, 0.4) is 0 Å². The minimum atomic E-state index is -0.314. The number of likely N-dealkylation sites (tertiary alicyclic amines) is 1. The van der Waals surface area contributed by atoms with Crippen molar-refractivity contribution in [2.24, 2.45) is 5.73 Å². The van der Waals surface area contributed by atoms with Gasteiger partial charge in [0.1, 0.15) is 0 Å². The second kappa shape index (κ2) is 6.85. The molecule has 0 aliphatic carbocycles. The molecule has 1 fully saturated rings. The summed E-state index contributed by atoms with van der Waals surface area (Å²) in [5, 5.41) is 5.65. The lowest BCUT2D eigenvalue weighted by molar-refractivity contribution is -0.119. The number of nitrogens with two attached hydrogens (primary N) is 1. The van der Waals surface area contributed by atoms with Crippen molar-refractivity contribution in [1.82, 2.24) is 15.2 Å². The van der Waals surface area contributed by atoms with Crippen molar-refractivity contribution in [2.75, 3.05) is 25.0 Å². The first kappa shape index (κ1) is 14.3. The summed E-state index contributed by atoms with van der Waals surface area (Å²) in [5.74, 6) is -0.314. The van der Waals surface area contributed by atoms with Crippen molar-refractivity contribution in [3.8, 4) is 0 Å². The van der Waals surface area contributed by atoms with E-state index < -0.39 is 0 Å². The predicted octanol–water partition coefficient (Wildman–Crippen LogP) is 0.153. The van der Waals surface area contributed by atoms with Crippen LogP contribution in [0.15, 0.2) is 24.5 Å². The molecule has 2 rings (SSSR count). The van der Waals surface area contributed by atoms with Gasteiger partial charge in [0, 0.05) is 25.3 Å². The van der Waals surface area contributed by atoms with Gasteiger partial charge in [-0.3, -0.25) is 14.7 Å². The number of nitrogens with zero attached hydrogens (tertiary/aromatic N) is 2. The maximum atomic E-state index is 11.8. The Hall–Kier alpha value is -2.15. The lowest BCUT2D eigenvalue weighted by Gasteiger charge is -2.31. The van der Waals surface area contributed by atoms with Crippen LogP contribution in [0.1, 0.15) is 12.8 Å². The highest BCUT2D eigenvalue weighted by molar-refractivity contribution is 5.89. The molecule has 20 heavy (non-hydrogen) atoms. The molecule has 2 heterocycles. The van der Waals surface area contributed by atoms with Crippen molar-refractivity contribution in [3.05, 3.63) is 24.5 Å². The Morgan fingerprint density at radius 3 is 2.75 bits per heavy atom. The molecule has 1 saturated heterocycles. The fraction of sp³-hybridized carbons (Fsp3) is 0.462. The molecule has 7 nitrogen and oxygen atoms in total. The Kier molecular flexibility index (Phi) is 4.89. The number of carbonyl (C=O) groups is 2. The van der Waals surface area contributed by atoms with E-state index in [1.807, 2.05) is 4.90 Å². The second-order valence-corrected chi connectivity index (χ2v) is 4.86. The fourth-order valence-electron chi connectivity index (χ4n) is 2.25. The SMILES string of the molecule is NC(=O)CN1CCC(NC(=O)Nc2cccnc2)CC1. The molecule has 3 amide bonds. The first-order valence-corrected chi connectivity index (χ1v) is 6.61. The molecule has 4 N–H and O–H groups in total. The van der Waals surface area contributed by atoms with E-state index in [9.17, 15) is 9.59 Å². The van der Waals surface area contributed by atoms with E-state index in [1.54, 1.807) is 24.5 Å². The van der Waals surface area contributed by atoms with Gasteiger partial charge in [0.25, 0.3) is 0 Å². The van der Waals surface area contributed by atoms with E-state index in [4.69, 9.17) is 5.73 Å². The number of rotatable bonds is 4. The molecule has 0 spiro atoms. The molecule has 1 aromatic heterocycles. The number of hydrogen-bond acceptors (Lipinski definition) is 4. The summed E-state index contributed by atoms with van der Waals surface area (Å²) in [5.41, 5.74) is 5.82. The Bertz CT molecular complexity index is 457. The minimum absolute atomic E-state index is 0.121. The van der Waals surface area contributed by atoms with Gasteiger partial charge in [-0.05, 0) is 25.0 Å². The molecule has 0 saturated carbocycles. The number of carbonyl (C=O) groups excluding carboxylic acids is 2. The van der Waals surface area contributed by atoms with Crippen LogP contribution in [0, 0.1) is 0 Å². The van der Waals surface area contributed by atoms with Crippen LogP contribution in [-0.2, 0) is 4.79 Å². The molecule has 1 aromatic rings. The average Bonchev–Trinajstić information content (AvgIpc) is 2.41. The highest BCUT2D eigenvalue weighted by atomic mass is 16.2. The van der Waals surface area contributed by atoms with Gasteiger partial charge in [-0.1, -0.05) is 0 Å². The van der Waals surface area contributed by atoms with E-state index in [2.05, 4.69) is 15.6 Å². The smallest absolute Gasteiger partial charge is 0.319 e. The zero-order valence-corrected chi connectivity index (χ0v) is 11.2. The number of amides is 3. The molecule has 7 heteroatoms. The molecule has 108 valence electrons. The Labute approximate surface area is 117 Å². The number of primary amides is 1. The number of piperidine rings is 1. The average molecular weight is 277 g/mol. The number of anilines is 1. The third kappa shape index (κ3) is 4.51. The molecule has 1 aliphatic rings. The van der Waals surface area contributed by atoms with E-state index >= 15 is 0 Å². The van der Waals surface area contributed by atoms with Gasteiger partial charge in [0.2, 0.25) is 5.91 Å². The van der Waals surface area contributed by atoms with Gasteiger partial charge in [-0.2, -0.15) is 0 Å². The maximum absolute atomic E-state index is 11.8. The lowest BCUT2D eigenvalue weighted by Crippen LogP contribution is -2.47. The number of pyridine rings is 1. The molecule has 0 radical (unpaired) electrons. The lowest BCUT2D eigenvalue weighted by atomic mass is 10.1. The predicted molar refractivity (Wildman–Crippen MR) is 75.0 cm³/mol. The van der Waals surface area contributed by atoms with Crippen LogP contribution in [0.5, 0.6) is 0 Å². The van der Waals surface area contributed by atoms with Gasteiger partial charge in [-0.25, -0.2) is 4.79 Å². The first-order valence-electron chi connectivity index (χ1n) is 6.61. The largest absolute Gasteiger partial charge is 0.369 e. The van der Waals surface area contributed by atoms with Crippen molar-refractivity contribution in [3.63, 3.8) is 0 Å². The number of nitrogens with one attached hydrogen (secondary N) is 2. The molecule has 0 atom stereocenters. The van der Waals surface area contributed by atoms with Gasteiger partial charge in [0.15, 0.2) is 0 Å². The minimum Gasteiger partial charge on any atom is -0.369 e. The van der Waals surface area contributed by atoms with Crippen LogP contribution in [0.2, 0.25) is 0 Å². The summed E-state index contributed by atoms with van der Waals surface area (Å²) in [4.78, 5) is 28.6. The highest BCUT2D eigenvalue weighted by Gasteiger charge is 2.21. The number of hydrogen-bond donors (Lipinski definition) is 3. The summed E-state index contributed by atoms with van der Waals surface area (Å²) in [7, 11) is 0. The van der Waals surface area contributed by atoms with Crippen LogP contribution in [0.25, 0.3) is 0 Å².